The van der Waals surface area contributed by atoms with Gasteiger partial charge in [-0.3, -0.25) is 4.79 Å². The highest BCUT2D eigenvalue weighted by Gasteiger charge is 2.31. The second-order valence-electron chi connectivity index (χ2n) is 10.7. The number of H-pyrrole nitrogens is 1. The summed E-state index contributed by atoms with van der Waals surface area (Å²) < 4.78 is 16.5. The minimum absolute atomic E-state index is 0.214. The quantitative estimate of drug-likeness (QED) is 0.203. The zero-order chi connectivity index (χ0) is 28.0. The van der Waals surface area contributed by atoms with Crippen LogP contribution in [0.25, 0.3) is 0 Å². The lowest BCUT2D eigenvalue weighted by Crippen LogP contribution is -2.53. The third-order valence-corrected chi connectivity index (χ3v) is 6.93. The number of nitrogens with one attached hydrogen (secondary N) is 2. The van der Waals surface area contributed by atoms with Crippen LogP contribution in [0.4, 0.5) is 0 Å². The zero-order valence-electron chi connectivity index (χ0n) is 23.8. The van der Waals surface area contributed by atoms with Gasteiger partial charge in [0.2, 0.25) is 5.91 Å². The molecular formula is C29H48N4O5. The number of aliphatic hydroxyl groups excluding tert-OH is 1. The summed E-state index contributed by atoms with van der Waals surface area (Å²) in [6.45, 7) is 7.82. The molecule has 38 heavy (non-hydrogen) atoms. The number of carbonyl (C=O) groups excluding carboxylic acids is 1. The number of hydrogen-bond donors (Lipinski definition) is 4. The van der Waals surface area contributed by atoms with Crippen molar-refractivity contribution in [3.63, 3.8) is 0 Å². The summed E-state index contributed by atoms with van der Waals surface area (Å²) in [5.41, 5.74) is 7.37. The molecule has 214 valence electrons. The van der Waals surface area contributed by atoms with Crippen LogP contribution >= 0.6 is 0 Å². The van der Waals surface area contributed by atoms with Crippen LogP contribution < -0.4 is 20.5 Å². The summed E-state index contributed by atoms with van der Waals surface area (Å²) in [6.07, 6.45) is 7.65. The molecule has 0 spiro atoms. The first kappa shape index (κ1) is 31.6. The molecule has 0 aliphatic carbocycles. The largest absolute Gasteiger partial charge is 0.493 e. The van der Waals surface area contributed by atoms with E-state index in [9.17, 15) is 9.90 Å². The summed E-state index contributed by atoms with van der Waals surface area (Å²) in [4.78, 5) is 19.7. The van der Waals surface area contributed by atoms with Crippen LogP contribution in [-0.4, -0.2) is 66.6 Å². The molecule has 9 nitrogen and oxygen atoms in total. The molecule has 1 amide bonds. The smallest absolute Gasteiger partial charge is 0.239 e. The van der Waals surface area contributed by atoms with E-state index in [0.29, 0.717) is 43.8 Å². The molecule has 0 aliphatic heterocycles. The van der Waals surface area contributed by atoms with E-state index in [1.54, 1.807) is 33.7 Å². The van der Waals surface area contributed by atoms with Crippen molar-refractivity contribution in [2.24, 2.45) is 17.6 Å². The molecule has 1 aromatic heterocycles. The number of nitrogens with zero attached hydrogens (tertiary/aromatic N) is 1. The Hall–Kier alpha value is -2.62. The Bertz CT molecular complexity index is 933. The first-order valence-corrected chi connectivity index (χ1v) is 13.7. The Morgan fingerprint density at radius 1 is 1.18 bits per heavy atom. The maximum Gasteiger partial charge on any atom is 0.239 e. The van der Waals surface area contributed by atoms with Crippen LogP contribution in [0.5, 0.6) is 11.5 Å². The maximum absolute atomic E-state index is 12.6. The fourth-order valence-corrected chi connectivity index (χ4v) is 4.51. The standard InChI is InChI=1S/C29H48N4O5/c1-21(2)23(16-22-9-12-26(37-5)27(17-22)38-15-7-14-36-4)10-11-25(34)18-29(3,30)28(35)32-13-6-8-24-19-31-20-33-24/h9,12,17,19-21,23,25,34H,6-8,10-11,13-16,18,30H2,1-5H3,(H,31,33)(H,32,35)/t23-,25-,29+/m0/s1. The number of aromatic amines is 1. The van der Waals surface area contributed by atoms with Gasteiger partial charge in [0.05, 0.1) is 31.7 Å². The molecule has 0 aliphatic rings. The normalized spacial score (nSPS) is 14.6. The van der Waals surface area contributed by atoms with Gasteiger partial charge >= 0.3 is 0 Å². The van der Waals surface area contributed by atoms with E-state index in [1.807, 2.05) is 12.1 Å². The fraction of sp³-hybridized carbons (Fsp3) is 0.655. The highest BCUT2D eigenvalue weighted by Crippen LogP contribution is 2.31. The molecule has 1 heterocycles. The number of imidazole rings is 1. The van der Waals surface area contributed by atoms with Crippen LogP contribution in [0.1, 0.15) is 64.1 Å². The highest BCUT2D eigenvalue weighted by molar-refractivity contribution is 5.85. The van der Waals surface area contributed by atoms with Crippen molar-refractivity contribution in [3.05, 3.63) is 42.0 Å². The average Bonchev–Trinajstić information content (AvgIpc) is 3.40. The van der Waals surface area contributed by atoms with E-state index >= 15 is 0 Å². The summed E-state index contributed by atoms with van der Waals surface area (Å²) in [7, 11) is 3.32. The van der Waals surface area contributed by atoms with Gasteiger partial charge in [0.1, 0.15) is 0 Å². The minimum Gasteiger partial charge on any atom is -0.493 e. The third-order valence-electron chi connectivity index (χ3n) is 6.93. The van der Waals surface area contributed by atoms with Crippen LogP contribution in [-0.2, 0) is 22.4 Å². The second kappa shape index (κ2) is 16.4. The predicted octanol–water partition coefficient (Wildman–Crippen LogP) is 3.65. The van der Waals surface area contributed by atoms with Gasteiger partial charge < -0.3 is 35.4 Å². The first-order chi connectivity index (χ1) is 18.2. The minimum atomic E-state index is -1.13. The van der Waals surface area contributed by atoms with E-state index in [0.717, 1.165) is 43.5 Å². The Kier molecular flexibility index (Phi) is 13.6. The molecule has 3 atom stereocenters. The Labute approximate surface area is 227 Å². The van der Waals surface area contributed by atoms with Gasteiger partial charge in [0.25, 0.3) is 0 Å². The summed E-state index contributed by atoms with van der Waals surface area (Å²) in [5, 5.41) is 13.7. The molecule has 0 radical (unpaired) electrons. The number of ether oxygens (including phenoxy) is 3. The summed E-state index contributed by atoms with van der Waals surface area (Å²) in [6, 6.07) is 6.06. The van der Waals surface area contributed by atoms with Crippen LogP contribution in [0, 0.1) is 11.8 Å². The van der Waals surface area contributed by atoms with Crippen LogP contribution in [0.2, 0.25) is 0 Å². The van der Waals surface area contributed by atoms with E-state index < -0.39 is 11.6 Å². The van der Waals surface area contributed by atoms with Gasteiger partial charge in [-0.15, -0.1) is 0 Å². The van der Waals surface area contributed by atoms with E-state index in [2.05, 4.69) is 35.2 Å². The molecule has 0 saturated heterocycles. The molecule has 0 fully saturated rings. The zero-order valence-corrected chi connectivity index (χ0v) is 23.8. The van der Waals surface area contributed by atoms with Crippen molar-refractivity contribution in [2.45, 2.75) is 77.4 Å². The lowest BCUT2D eigenvalue weighted by Gasteiger charge is -2.28. The molecule has 5 N–H and O–H groups in total. The van der Waals surface area contributed by atoms with Crippen molar-refractivity contribution < 1.29 is 24.1 Å². The monoisotopic (exact) mass is 532 g/mol. The van der Waals surface area contributed by atoms with Crippen molar-refractivity contribution in [1.29, 1.82) is 0 Å². The van der Waals surface area contributed by atoms with Crippen molar-refractivity contribution in [2.75, 3.05) is 34.0 Å². The van der Waals surface area contributed by atoms with Crippen molar-refractivity contribution in [1.82, 2.24) is 15.3 Å². The number of nitrogens with two attached hydrogens (primary N) is 1. The van der Waals surface area contributed by atoms with Crippen molar-refractivity contribution >= 4 is 5.91 Å². The van der Waals surface area contributed by atoms with Crippen molar-refractivity contribution in [3.8, 4) is 11.5 Å². The predicted molar refractivity (Wildman–Crippen MR) is 149 cm³/mol. The third kappa shape index (κ3) is 11.0. The lowest BCUT2D eigenvalue weighted by molar-refractivity contribution is -0.127. The fourth-order valence-electron chi connectivity index (χ4n) is 4.51. The van der Waals surface area contributed by atoms with Crippen LogP contribution in [0.3, 0.4) is 0 Å². The maximum atomic E-state index is 12.6. The molecule has 0 unspecified atom stereocenters. The number of aromatic nitrogens is 2. The van der Waals surface area contributed by atoms with E-state index in [4.69, 9.17) is 19.9 Å². The molecule has 0 bridgehead atoms. The van der Waals surface area contributed by atoms with Gasteiger partial charge in [-0.1, -0.05) is 19.9 Å². The van der Waals surface area contributed by atoms with Crippen LogP contribution in [0.15, 0.2) is 30.7 Å². The Morgan fingerprint density at radius 2 is 1.97 bits per heavy atom. The van der Waals surface area contributed by atoms with E-state index in [1.165, 1.54) is 5.56 Å². The first-order valence-electron chi connectivity index (χ1n) is 13.7. The number of rotatable bonds is 19. The lowest BCUT2D eigenvalue weighted by atomic mass is 9.83. The topological polar surface area (TPSA) is 132 Å². The number of hydrogen-bond acceptors (Lipinski definition) is 7. The number of aliphatic hydroxyl groups is 1. The van der Waals surface area contributed by atoms with Gasteiger partial charge in [0.15, 0.2) is 11.5 Å². The molecule has 9 heteroatoms. The number of aryl methyl sites for hydroxylation is 1. The summed E-state index contributed by atoms with van der Waals surface area (Å²) >= 11 is 0. The van der Waals surface area contributed by atoms with Gasteiger partial charge in [-0.05, 0) is 75.0 Å². The van der Waals surface area contributed by atoms with Gasteiger partial charge in [-0.2, -0.15) is 0 Å². The summed E-state index contributed by atoms with van der Waals surface area (Å²) in [5.74, 6) is 2.00. The average molecular weight is 533 g/mol. The number of benzene rings is 1. The molecule has 0 saturated carbocycles. The highest BCUT2D eigenvalue weighted by atomic mass is 16.5. The number of amides is 1. The van der Waals surface area contributed by atoms with Gasteiger partial charge in [-0.25, -0.2) is 4.98 Å². The molecular weight excluding hydrogens is 484 g/mol. The Balaban J connectivity index is 1.84. The SMILES string of the molecule is COCCCOc1cc(C[C@H](CC[C@H](O)C[C@@](C)(N)C(=O)NCCCc2cnc[nH]2)C(C)C)ccc1OC. The van der Waals surface area contributed by atoms with Gasteiger partial charge in [0, 0.05) is 38.6 Å². The molecule has 2 rings (SSSR count). The molecule has 1 aromatic carbocycles. The number of carbonyl (C=O) groups is 1. The Morgan fingerprint density at radius 3 is 2.63 bits per heavy atom. The number of methoxy groups -OCH3 is 2. The van der Waals surface area contributed by atoms with E-state index in [-0.39, 0.29) is 12.3 Å². The second-order valence-corrected chi connectivity index (χ2v) is 10.7. The molecule has 2 aromatic rings.